The van der Waals surface area contributed by atoms with E-state index in [1.54, 1.807) is 11.1 Å². The fraction of sp³-hybridized carbons (Fsp3) is 0.345. The average Bonchev–Trinajstić information content (AvgIpc) is 3.46. The summed E-state index contributed by atoms with van der Waals surface area (Å²) in [5.41, 5.74) is 5.95. The van der Waals surface area contributed by atoms with Crippen molar-refractivity contribution >= 4 is 34.7 Å². The normalized spacial score (nSPS) is 18.7. The summed E-state index contributed by atoms with van der Waals surface area (Å²) in [6.45, 7) is 13.2. The molecule has 0 spiro atoms. The standard InChI is InChI=1S/C29H34N6O2/c1-17-13-21(17)27(36)33-23-14-19(11-12-30-23)25-26(31-20-9-7-6-8-10-20)24-18(2)15-35(16-22(24)32-25)28(37)34-29(3,4)5/h6-12,14,17,21,31-32H,2,13,15-16H2,1,3-5H3,(H,34,37)(H,30,33,36)/t17-,21-/m1/s1. The number of aromatic amines is 1. The third-order valence-electron chi connectivity index (χ3n) is 6.72. The zero-order valence-electron chi connectivity index (χ0n) is 21.8. The maximum Gasteiger partial charge on any atom is 0.318 e. The number of urea groups is 1. The molecule has 1 fully saturated rings. The molecule has 8 heteroatoms. The first kappa shape index (κ1) is 24.6. The third kappa shape index (κ3) is 5.38. The largest absolute Gasteiger partial charge is 0.355 e. The van der Waals surface area contributed by atoms with E-state index in [0.29, 0.717) is 24.8 Å². The van der Waals surface area contributed by atoms with Crippen molar-refractivity contribution in [3.8, 4) is 11.3 Å². The Morgan fingerprint density at radius 3 is 2.54 bits per heavy atom. The Bertz CT molecular complexity index is 1350. The van der Waals surface area contributed by atoms with Crippen LogP contribution >= 0.6 is 0 Å². The number of para-hydroxylation sites is 1. The molecule has 1 aliphatic heterocycles. The summed E-state index contributed by atoms with van der Waals surface area (Å²) in [7, 11) is 0. The fourth-order valence-electron chi connectivity index (χ4n) is 4.73. The minimum Gasteiger partial charge on any atom is -0.355 e. The number of nitrogens with zero attached hydrogens (tertiary/aromatic N) is 2. The van der Waals surface area contributed by atoms with Gasteiger partial charge in [0.2, 0.25) is 5.91 Å². The number of nitrogens with one attached hydrogen (secondary N) is 4. The molecule has 2 aliphatic rings. The van der Waals surface area contributed by atoms with Gasteiger partial charge in [-0.05, 0) is 62.9 Å². The van der Waals surface area contributed by atoms with Crippen LogP contribution in [0, 0.1) is 11.8 Å². The lowest BCUT2D eigenvalue weighted by atomic mass is 9.99. The van der Waals surface area contributed by atoms with Crippen molar-refractivity contribution in [3.63, 3.8) is 0 Å². The Labute approximate surface area is 217 Å². The molecule has 3 aromatic rings. The third-order valence-corrected chi connectivity index (χ3v) is 6.72. The van der Waals surface area contributed by atoms with Crippen LogP contribution < -0.4 is 16.0 Å². The van der Waals surface area contributed by atoms with Gasteiger partial charge in [-0.15, -0.1) is 0 Å². The van der Waals surface area contributed by atoms with Crippen LogP contribution in [0.3, 0.4) is 0 Å². The van der Waals surface area contributed by atoms with E-state index in [2.05, 4.69) is 39.4 Å². The molecule has 192 valence electrons. The van der Waals surface area contributed by atoms with Crippen LogP contribution in [0.4, 0.5) is 22.0 Å². The highest BCUT2D eigenvalue weighted by Gasteiger charge is 2.39. The molecule has 1 saturated carbocycles. The van der Waals surface area contributed by atoms with Gasteiger partial charge in [0.05, 0.1) is 17.9 Å². The second-order valence-corrected chi connectivity index (χ2v) is 11.1. The molecule has 1 aliphatic carbocycles. The lowest BCUT2D eigenvalue weighted by Gasteiger charge is -2.32. The van der Waals surface area contributed by atoms with E-state index < -0.39 is 0 Å². The number of anilines is 3. The van der Waals surface area contributed by atoms with Crippen molar-refractivity contribution in [2.24, 2.45) is 11.8 Å². The van der Waals surface area contributed by atoms with Gasteiger partial charge in [-0.3, -0.25) is 4.79 Å². The van der Waals surface area contributed by atoms with Gasteiger partial charge in [-0.2, -0.15) is 0 Å². The number of benzene rings is 1. The van der Waals surface area contributed by atoms with Gasteiger partial charge in [0.25, 0.3) is 0 Å². The Kier molecular flexibility index (Phi) is 6.27. The first-order valence-corrected chi connectivity index (χ1v) is 12.7. The van der Waals surface area contributed by atoms with Crippen LogP contribution in [0.1, 0.15) is 45.4 Å². The Morgan fingerprint density at radius 2 is 1.86 bits per heavy atom. The van der Waals surface area contributed by atoms with E-state index >= 15 is 0 Å². The number of aromatic nitrogens is 2. The highest BCUT2D eigenvalue weighted by atomic mass is 16.2. The van der Waals surface area contributed by atoms with E-state index in [9.17, 15) is 9.59 Å². The molecule has 0 radical (unpaired) electrons. The number of rotatable bonds is 5. The number of fused-ring (bicyclic) bond motifs is 1. The fourth-order valence-corrected chi connectivity index (χ4v) is 4.73. The molecule has 1 aromatic carbocycles. The zero-order chi connectivity index (χ0) is 26.3. The van der Waals surface area contributed by atoms with E-state index in [0.717, 1.165) is 45.9 Å². The molecular formula is C29H34N6O2. The topological polar surface area (TPSA) is 102 Å². The minimum atomic E-state index is -0.338. The average molecular weight is 499 g/mol. The number of hydrogen-bond acceptors (Lipinski definition) is 4. The molecule has 2 aromatic heterocycles. The Hall–Kier alpha value is -4.07. The van der Waals surface area contributed by atoms with E-state index in [1.165, 1.54) is 0 Å². The van der Waals surface area contributed by atoms with Crippen LogP contribution in [0.5, 0.6) is 0 Å². The molecular weight excluding hydrogens is 464 g/mol. The van der Waals surface area contributed by atoms with Gasteiger partial charge < -0.3 is 25.8 Å². The molecule has 37 heavy (non-hydrogen) atoms. The summed E-state index contributed by atoms with van der Waals surface area (Å²) in [5, 5.41) is 9.58. The molecule has 0 saturated heterocycles. The first-order valence-electron chi connectivity index (χ1n) is 12.7. The predicted molar refractivity (Wildman–Crippen MR) is 147 cm³/mol. The van der Waals surface area contributed by atoms with Gasteiger partial charge in [0, 0.05) is 46.7 Å². The number of hydrogen-bond donors (Lipinski definition) is 4. The molecule has 3 heterocycles. The van der Waals surface area contributed by atoms with Crippen molar-refractivity contribution in [2.45, 2.75) is 46.2 Å². The Morgan fingerprint density at radius 1 is 1.14 bits per heavy atom. The second-order valence-electron chi connectivity index (χ2n) is 11.1. The highest BCUT2D eigenvalue weighted by molar-refractivity contribution is 5.96. The molecule has 0 unspecified atom stereocenters. The van der Waals surface area contributed by atoms with Gasteiger partial charge in [0.15, 0.2) is 0 Å². The lowest BCUT2D eigenvalue weighted by Crippen LogP contribution is -2.49. The molecule has 5 rings (SSSR count). The van der Waals surface area contributed by atoms with Crippen molar-refractivity contribution in [3.05, 3.63) is 66.5 Å². The van der Waals surface area contributed by atoms with Crippen molar-refractivity contribution in [2.75, 3.05) is 17.2 Å². The summed E-state index contributed by atoms with van der Waals surface area (Å²) in [6, 6.07) is 13.6. The maximum absolute atomic E-state index is 12.9. The van der Waals surface area contributed by atoms with E-state index in [1.807, 2.05) is 63.2 Å². The lowest BCUT2D eigenvalue weighted by molar-refractivity contribution is -0.117. The quantitative estimate of drug-likeness (QED) is 0.360. The predicted octanol–water partition coefficient (Wildman–Crippen LogP) is 5.75. The maximum atomic E-state index is 12.9. The number of carbonyl (C=O) groups excluding carboxylic acids is 2. The van der Waals surface area contributed by atoms with Crippen molar-refractivity contribution < 1.29 is 9.59 Å². The monoisotopic (exact) mass is 498 g/mol. The van der Waals surface area contributed by atoms with Crippen LogP contribution in [0.15, 0.2) is 55.2 Å². The van der Waals surface area contributed by atoms with Crippen LogP contribution in [-0.2, 0) is 11.3 Å². The molecule has 8 nitrogen and oxygen atoms in total. The van der Waals surface area contributed by atoms with E-state index in [-0.39, 0.29) is 23.4 Å². The number of carbonyl (C=O) groups is 2. The van der Waals surface area contributed by atoms with E-state index in [4.69, 9.17) is 0 Å². The van der Waals surface area contributed by atoms with Gasteiger partial charge in [-0.1, -0.05) is 31.7 Å². The van der Waals surface area contributed by atoms with Gasteiger partial charge >= 0.3 is 6.03 Å². The summed E-state index contributed by atoms with van der Waals surface area (Å²) in [4.78, 5) is 35.2. The molecule has 0 bridgehead atoms. The minimum absolute atomic E-state index is 0.0134. The highest BCUT2D eigenvalue weighted by Crippen LogP contribution is 2.42. The second kappa shape index (κ2) is 9.42. The summed E-state index contributed by atoms with van der Waals surface area (Å²) in [5.74, 6) is 1.01. The zero-order valence-corrected chi connectivity index (χ0v) is 21.8. The Balaban J connectivity index is 1.51. The molecule has 3 amide bonds. The van der Waals surface area contributed by atoms with Crippen LogP contribution in [0.25, 0.3) is 16.8 Å². The van der Waals surface area contributed by atoms with Gasteiger partial charge in [0.1, 0.15) is 5.82 Å². The van der Waals surface area contributed by atoms with Crippen LogP contribution in [-0.4, -0.2) is 38.9 Å². The number of pyridine rings is 1. The van der Waals surface area contributed by atoms with Crippen LogP contribution in [0.2, 0.25) is 0 Å². The SMILES string of the molecule is C=C1CN(C(=O)NC(C)(C)C)Cc2[nH]c(-c3ccnc(NC(=O)[C@@H]4C[C@H]4C)c3)c(Nc3ccccc3)c21. The number of H-pyrrole nitrogens is 1. The smallest absolute Gasteiger partial charge is 0.318 e. The number of amides is 3. The first-order chi connectivity index (χ1) is 17.6. The summed E-state index contributed by atoms with van der Waals surface area (Å²) in [6.07, 6.45) is 2.62. The molecule has 4 N–H and O–H groups in total. The van der Waals surface area contributed by atoms with Crippen molar-refractivity contribution in [1.82, 2.24) is 20.2 Å². The van der Waals surface area contributed by atoms with Crippen molar-refractivity contribution in [1.29, 1.82) is 0 Å². The summed E-state index contributed by atoms with van der Waals surface area (Å²) < 4.78 is 0. The molecule has 2 atom stereocenters. The summed E-state index contributed by atoms with van der Waals surface area (Å²) >= 11 is 0. The van der Waals surface area contributed by atoms with Gasteiger partial charge in [-0.25, -0.2) is 9.78 Å².